The molecular weight excluding hydrogens is 365 g/mol. The van der Waals surface area contributed by atoms with Gasteiger partial charge in [-0.2, -0.15) is 0 Å². The summed E-state index contributed by atoms with van der Waals surface area (Å²) in [7, 11) is 0. The normalized spacial score (nSPS) is 10.0. The van der Waals surface area contributed by atoms with Gasteiger partial charge in [0.2, 0.25) is 5.91 Å². The molecule has 0 spiro atoms. The zero-order valence-electron chi connectivity index (χ0n) is 12.1. The van der Waals surface area contributed by atoms with Crippen LogP contribution in [0, 0.1) is 5.82 Å². The molecule has 3 N–H and O–H groups in total. The second-order valence-corrected chi connectivity index (χ2v) is 5.70. The number of carbonyl (C=O) groups is 2. The Hall–Kier alpha value is -2.41. The van der Waals surface area contributed by atoms with Crippen LogP contribution in [0.1, 0.15) is 11.1 Å². The Morgan fingerprint density at radius 2 is 1.74 bits per heavy atom. The van der Waals surface area contributed by atoms with E-state index in [1.165, 1.54) is 24.3 Å². The maximum atomic E-state index is 12.8. The first-order valence-corrected chi connectivity index (χ1v) is 7.64. The molecule has 0 saturated carbocycles. The zero-order valence-corrected chi connectivity index (χ0v) is 13.7. The number of benzene rings is 2. The second kappa shape index (κ2) is 8.28. The van der Waals surface area contributed by atoms with Crippen molar-refractivity contribution in [2.75, 3.05) is 0 Å². The first kappa shape index (κ1) is 17.0. The minimum atomic E-state index is -0.516. The number of hydrazine groups is 1. The third-order valence-corrected chi connectivity index (χ3v) is 3.43. The van der Waals surface area contributed by atoms with Crippen LogP contribution in [0.25, 0.3) is 0 Å². The molecule has 0 bridgehead atoms. The van der Waals surface area contributed by atoms with Crippen molar-refractivity contribution in [2.24, 2.45) is 0 Å². The van der Waals surface area contributed by atoms with Crippen molar-refractivity contribution in [3.8, 4) is 0 Å². The van der Waals surface area contributed by atoms with Crippen molar-refractivity contribution in [1.82, 2.24) is 16.2 Å². The van der Waals surface area contributed by atoms with E-state index in [0.717, 1.165) is 10.0 Å². The Labute approximate surface area is 141 Å². The largest absolute Gasteiger partial charge is 0.333 e. The molecule has 0 saturated heterocycles. The van der Waals surface area contributed by atoms with Crippen LogP contribution in [0.4, 0.5) is 9.18 Å². The lowest BCUT2D eigenvalue weighted by atomic mass is 10.1. The van der Waals surface area contributed by atoms with Gasteiger partial charge in [-0.1, -0.05) is 40.2 Å². The van der Waals surface area contributed by atoms with Gasteiger partial charge < -0.3 is 5.32 Å². The van der Waals surface area contributed by atoms with Crippen molar-refractivity contribution in [3.63, 3.8) is 0 Å². The van der Waals surface area contributed by atoms with Crippen molar-refractivity contribution < 1.29 is 14.0 Å². The van der Waals surface area contributed by atoms with Crippen LogP contribution in [-0.4, -0.2) is 11.9 Å². The molecule has 5 nitrogen and oxygen atoms in total. The molecule has 23 heavy (non-hydrogen) atoms. The lowest BCUT2D eigenvalue weighted by Crippen LogP contribution is -2.47. The third kappa shape index (κ3) is 6.07. The number of hydrogen-bond acceptors (Lipinski definition) is 2. The van der Waals surface area contributed by atoms with E-state index in [1.807, 2.05) is 24.3 Å². The smallest absolute Gasteiger partial charge is 0.333 e. The summed E-state index contributed by atoms with van der Waals surface area (Å²) in [4.78, 5) is 23.3. The molecular formula is C16H15BrFN3O2. The van der Waals surface area contributed by atoms with Gasteiger partial charge in [0.15, 0.2) is 0 Å². The van der Waals surface area contributed by atoms with E-state index in [4.69, 9.17) is 0 Å². The Balaban J connectivity index is 1.71. The molecule has 2 rings (SSSR count). The summed E-state index contributed by atoms with van der Waals surface area (Å²) in [6.45, 7) is 0.332. The van der Waals surface area contributed by atoms with Crippen molar-refractivity contribution in [1.29, 1.82) is 0 Å². The van der Waals surface area contributed by atoms with Crippen molar-refractivity contribution >= 4 is 27.9 Å². The van der Waals surface area contributed by atoms with E-state index < -0.39 is 11.9 Å². The first-order chi connectivity index (χ1) is 11.0. The fraction of sp³-hybridized carbons (Fsp3) is 0.125. The lowest BCUT2D eigenvalue weighted by molar-refractivity contribution is -0.121. The van der Waals surface area contributed by atoms with E-state index in [1.54, 1.807) is 0 Å². The van der Waals surface area contributed by atoms with Crippen molar-refractivity contribution in [2.45, 2.75) is 13.0 Å². The van der Waals surface area contributed by atoms with Crippen LogP contribution in [0.5, 0.6) is 0 Å². The Kier molecular flexibility index (Phi) is 6.10. The number of amides is 3. The average molecular weight is 380 g/mol. The highest BCUT2D eigenvalue weighted by Gasteiger charge is 2.06. The quantitative estimate of drug-likeness (QED) is 0.714. The van der Waals surface area contributed by atoms with E-state index in [2.05, 4.69) is 32.1 Å². The van der Waals surface area contributed by atoms with E-state index in [0.29, 0.717) is 12.1 Å². The molecule has 0 aliphatic carbocycles. The van der Waals surface area contributed by atoms with Gasteiger partial charge >= 0.3 is 6.03 Å². The summed E-state index contributed by atoms with van der Waals surface area (Å²) < 4.78 is 13.7. The van der Waals surface area contributed by atoms with Crippen LogP contribution in [-0.2, 0) is 17.8 Å². The van der Waals surface area contributed by atoms with Crippen LogP contribution >= 0.6 is 15.9 Å². The number of urea groups is 1. The number of nitrogens with one attached hydrogen (secondary N) is 3. The molecule has 0 unspecified atom stereocenters. The molecule has 3 amide bonds. The Bertz CT molecular complexity index is 692. The number of halogens is 2. The first-order valence-electron chi connectivity index (χ1n) is 6.84. The summed E-state index contributed by atoms with van der Waals surface area (Å²) in [6.07, 6.45) is 0.0478. The minimum Gasteiger partial charge on any atom is -0.333 e. The summed E-state index contributed by atoms with van der Waals surface area (Å²) in [5, 5.41) is 2.62. The molecule has 0 aliphatic rings. The lowest BCUT2D eigenvalue weighted by Gasteiger charge is -2.09. The molecule has 0 aromatic heterocycles. The SMILES string of the molecule is O=C(Cc1ccc(F)cc1)NNC(=O)NCc1cccc(Br)c1. The minimum absolute atomic E-state index is 0.0478. The molecule has 0 aliphatic heterocycles. The number of rotatable bonds is 4. The predicted octanol–water partition coefficient (Wildman–Crippen LogP) is 2.66. The van der Waals surface area contributed by atoms with E-state index in [9.17, 15) is 14.0 Å². The highest BCUT2D eigenvalue weighted by Crippen LogP contribution is 2.11. The molecule has 0 radical (unpaired) electrons. The summed E-state index contributed by atoms with van der Waals surface area (Å²) >= 11 is 3.35. The van der Waals surface area contributed by atoms with Gasteiger partial charge in [0.25, 0.3) is 0 Å². The topological polar surface area (TPSA) is 70.2 Å². The summed E-state index contributed by atoms with van der Waals surface area (Å²) in [6, 6.07) is 12.6. The summed E-state index contributed by atoms with van der Waals surface area (Å²) in [5.74, 6) is -0.756. The van der Waals surface area contributed by atoms with Gasteiger partial charge in [0.1, 0.15) is 5.82 Å². The molecule has 2 aromatic carbocycles. The Morgan fingerprint density at radius 3 is 2.43 bits per heavy atom. The van der Waals surface area contributed by atoms with Crippen LogP contribution in [0.3, 0.4) is 0 Å². The third-order valence-electron chi connectivity index (χ3n) is 2.94. The number of carbonyl (C=O) groups excluding carboxylic acids is 2. The maximum absolute atomic E-state index is 12.8. The molecule has 120 valence electrons. The molecule has 2 aromatic rings. The van der Waals surface area contributed by atoms with Gasteiger partial charge in [-0.15, -0.1) is 0 Å². The highest BCUT2D eigenvalue weighted by atomic mass is 79.9. The van der Waals surface area contributed by atoms with Crippen LogP contribution in [0.2, 0.25) is 0 Å². The van der Waals surface area contributed by atoms with Crippen LogP contribution < -0.4 is 16.2 Å². The molecule has 7 heteroatoms. The molecule has 0 heterocycles. The fourth-order valence-corrected chi connectivity index (χ4v) is 2.28. The standard InChI is InChI=1S/C16H15BrFN3O2/c17-13-3-1-2-12(8-13)10-19-16(23)21-20-15(22)9-11-4-6-14(18)7-5-11/h1-8H,9-10H2,(H,20,22)(H2,19,21,23). The fourth-order valence-electron chi connectivity index (χ4n) is 1.83. The second-order valence-electron chi connectivity index (χ2n) is 4.79. The van der Waals surface area contributed by atoms with Crippen molar-refractivity contribution in [3.05, 3.63) is 69.9 Å². The Morgan fingerprint density at radius 1 is 1.00 bits per heavy atom. The monoisotopic (exact) mass is 379 g/mol. The molecule has 0 atom stereocenters. The van der Waals surface area contributed by atoms with Gasteiger partial charge in [-0.25, -0.2) is 14.6 Å². The zero-order chi connectivity index (χ0) is 16.7. The van der Waals surface area contributed by atoms with E-state index in [-0.39, 0.29) is 12.2 Å². The highest BCUT2D eigenvalue weighted by molar-refractivity contribution is 9.10. The van der Waals surface area contributed by atoms with Crippen LogP contribution in [0.15, 0.2) is 53.0 Å². The molecule has 0 fully saturated rings. The van der Waals surface area contributed by atoms with Gasteiger partial charge in [-0.3, -0.25) is 10.2 Å². The predicted molar refractivity (Wildman–Crippen MR) is 87.8 cm³/mol. The summed E-state index contributed by atoms with van der Waals surface area (Å²) in [5.41, 5.74) is 6.13. The maximum Gasteiger partial charge on any atom is 0.333 e. The van der Waals surface area contributed by atoms with Gasteiger partial charge in [0, 0.05) is 11.0 Å². The van der Waals surface area contributed by atoms with Gasteiger partial charge in [-0.05, 0) is 35.4 Å². The average Bonchev–Trinajstić information content (AvgIpc) is 2.53. The van der Waals surface area contributed by atoms with E-state index >= 15 is 0 Å². The van der Waals surface area contributed by atoms with Gasteiger partial charge in [0.05, 0.1) is 6.42 Å². The number of hydrogen-bond donors (Lipinski definition) is 3.